The van der Waals surface area contributed by atoms with E-state index in [0.717, 1.165) is 77.7 Å². The quantitative estimate of drug-likeness (QED) is 0.176. The molecule has 8 aromatic carbocycles. The van der Waals surface area contributed by atoms with E-state index in [9.17, 15) is 0 Å². The SMILES string of the molecule is c1ccc(-c2cc(-c3cccc(-c4cccc(-c5cccc6oc7c8ccccc8c(-c8ccccc8)cc7c56)c4)c3)nc(-c3ccccc3)n2)cc1. The number of fused-ring (bicyclic) bond motifs is 5. The number of benzene rings is 8. The first-order valence-electron chi connectivity index (χ1n) is 17.9. The van der Waals surface area contributed by atoms with Gasteiger partial charge in [0.05, 0.1) is 11.4 Å². The smallest absolute Gasteiger partial charge is 0.160 e. The van der Waals surface area contributed by atoms with Gasteiger partial charge < -0.3 is 4.42 Å². The molecular formula is C50H32N2O. The average molecular weight is 677 g/mol. The van der Waals surface area contributed by atoms with Crippen LogP contribution in [0.3, 0.4) is 0 Å². The van der Waals surface area contributed by atoms with E-state index in [2.05, 4.69) is 158 Å². The Hall–Kier alpha value is -7.10. The molecule has 2 heterocycles. The minimum absolute atomic E-state index is 0.706. The van der Waals surface area contributed by atoms with Crippen LogP contribution in [-0.4, -0.2) is 9.97 Å². The maximum atomic E-state index is 6.67. The second-order valence-electron chi connectivity index (χ2n) is 13.3. The third-order valence-corrected chi connectivity index (χ3v) is 10.1. The lowest BCUT2D eigenvalue weighted by Gasteiger charge is -2.12. The summed E-state index contributed by atoms with van der Waals surface area (Å²) in [6, 6.07) is 67.9. The summed E-state index contributed by atoms with van der Waals surface area (Å²) >= 11 is 0. The molecular weight excluding hydrogens is 645 g/mol. The summed E-state index contributed by atoms with van der Waals surface area (Å²) in [6.07, 6.45) is 0. The van der Waals surface area contributed by atoms with Crippen molar-refractivity contribution in [1.82, 2.24) is 9.97 Å². The second kappa shape index (κ2) is 12.9. The maximum Gasteiger partial charge on any atom is 0.160 e. The molecule has 0 unspecified atom stereocenters. The van der Waals surface area contributed by atoms with Gasteiger partial charge in [0.2, 0.25) is 0 Å². The Morgan fingerprint density at radius 3 is 1.57 bits per heavy atom. The van der Waals surface area contributed by atoms with Gasteiger partial charge in [0, 0.05) is 32.8 Å². The Morgan fingerprint density at radius 1 is 0.321 bits per heavy atom. The third kappa shape index (κ3) is 5.56. The summed E-state index contributed by atoms with van der Waals surface area (Å²) in [5, 5.41) is 4.54. The van der Waals surface area contributed by atoms with Crippen molar-refractivity contribution in [2.45, 2.75) is 0 Å². The van der Waals surface area contributed by atoms with Crippen LogP contribution in [0.5, 0.6) is 0 Å². The van der Waals surface area contributed by atoms with Gasteiger partial charge in [-0.05, 0) is 69.1 Å². The minimum atomic E-state index is 0.706. The molecule has 10 aromatic rings. The highest BCUT2D eigenvalue weighted by molar-refractivity contribution is 6.22. The van der Waals surface area contributed by atoms with Crippen molar-refractivity contribution in [2.75, 3.05) is 0 Å². The molecule has 0 aliphatic heterocycles. The lowest BCUT2D eigenvalue weighted by atomic mass is 9.92. The zero-order valence-corrected chi connectivity index (χ0v) is 28.8. The first-order valence-corrected chi connectivity index (χ1v) is 17.9. The van der Waals surface area contributed by atoms with Gasteiger partial charge in [-0.15, -0.1) is 0 Å². The molecule has 2 aromatic heterocycles. The van der Waals surface area contributed by atoms with E-state index in [-0.39, 0.29) is 0 Å². The monoisotopic (exact) mass is 676 g/mol. The highest BCUT2D eigenvalue weighted by Gasteiger charge is 2.18. The molecule has 0 aliphatic rings. The lowest BCUT2D eigenvalue weighted by Crippen LogP contribution is -1.96. The fraction of sp³-hybridized carbons (Fsp3) is 0. The van der Waals surface area contributed by atoms with Crippen LogP contribution in [-0.2, 0) is 0 Å². The van der Waals surface area contributed by atoms with Crippen molar-refractivity contribution in [3.05, 3.63) is 194 Å². The van der Waals surface area contributed by atoms with E-state index in [0.29, 0.717) is 5.82 Å². The number of hydrogen-bond donors (Lipinski definition) is 0. The van der Waals surface area contributed by atoms with Crippen molar-refractivity contribution >= 4 is 32.7 Å². The molecule has 0 radical (unpaired) electrons. The summed E-state index contributed by atoms with van der Waals surface area (Å²) < 4.78 is 6.67. The molecule has 0 bridgehead atoms. The van der Waals surface area contributed by atoms with Gasteiger partial charge >= 0.3 is 0 Å². The Kier molecular flexibility index (Phi) is 7.47. The normalized spacial score (nSPS) is 11.4. The standard InChI is InChI=1S/C50H32N2O/c1-4-15-33(16-5-1)43-31-44-48-40(27-14-28-47(48)53-49(44)42-26-11-10-25-41(42)43)38-23-12-21-36(29-38)37-22-13-24-39(30-37)46-32-45(34-17-6-2-7-18-34)51-50(52-46)35-19-8-3-9-20-35/h1-32H. The molecule has 0 amide bonds. The first-order chi connectivity index (χ1) is 26.3. The van der Waals surface area contributed by atoms with Crippen LogP contribution in [0.1, 0.15) is 0 Å². The number of furan rings is 1. The molecule has 10 rings (SSSR count). The van der Waals surface area contributed by atoms with E-state index in [4.69, 9.17) is 14.4 Å². The summed E-state index contributed by atoms with van der Waals surface area (Å²) in [5.74, 6) is 0.706. The highest BCUT2D eigenvalue weighted by atomic mass is 16.3. The Balaban J connectivity index is 1.10. The van der Waals surface area contributed by atoms with E-state index in [1.54, 1.807) is 0 Å². The van der Waals surface area contributed by atoms with Crippen molar-refractivity contribution in [3.8, 4) is 67.3 Å². The zero-order chi connectivity index (χ0) is 35.1. The summed E-state index contributed by atoms with van der Waals surface area (Å²) in [4.78, 5) is 10.1. The van der Waals surface area contributed by atoms with Crippen molar-refractivity contribution < 1.29 is 4.42 Å². The topological polar surface area (TPSA) is 38.9 Å². The molecule has 3 nitrogen and oxygen atoms in total. The fourth-order valence-electron chi connectivity index (χ4n) is 7.54. The number of nitrogens with zero attached hydrogens (tertiary/aromatic N) is 2. The van der Waals surface area contributed by atoms with Crippen LogP contribution >= 0.6 is 0 Å². The summed E-state index contributed by atoms with van der Waals surface area (Å²) in [6.45, 7) is 0. The van der Waals surface area contributed by atoms with Crippen molar-refractivity contribution in [2.24, 2.45) is 0 Å². The maximum absolute atomic E-state index is 6.67. The average Bonchev–Trinajstić information content (AvgIpc) is 3.63. The molecule has 0 atom stereocenters. The van der Waals surface area contributed by atoms with E-state index in [1.807, 2.05) is 36.4 Å². The first kappa shape index (κ1) is 30.7. The fourth-order valence-corrected chi connectivity index (χ4v) is 7.54. The van der Waals surface area contributed by atoms with Gasteiger partial charge in [0.25, 0.3) is 0 Å². The second-order valence-corrected chi connectivity index (χ2v) is 13.3. The largest absolute Gasteiger partial charge is 0.455 e. The van der Waals surface area contributed by atoms with Gasteiger partial charge in [0.1, 0.15) is 11.2 Å². The highest BCUT2D eigenvalue weighted by Crippen LogP contribution is 2.43. The Bertz CT molecular complexity index is 2870. The molecule has 53 heavy (non-hydrogen) atoms. The number of hydrogen-bond acceptors (Lipinski definition) is 3. The van der Waals surface area contributed by atoms with E-state index >= 15 is 0 Å². The molecule has 0 saturated heterocycles. The Morgan fingerprint density at radius 2 is 0.849 bits per heavy atom. The molecule has 0 N–H and O–H groups in total. The zero-order valence-electron chi connectivity index (χ0n) is 28.8. The Labute approximate surface area is 307 Å². The van der Waals surface area contributed by atoms with Gasteiger partial charge in [-0.3, -0.25) is 0 Å². The van der Waals surface area contributed by atoms with E-state index < -0.39 is 0 Å². The minimum Gasteiger partial charge on any atom is -0.455 e. The summed E-state index contributed by atoms with van der Waals surface area (Å²) in [7, 11) is 0. The predicted molar refractivity (Wildman–Crippen MR) is 219 cm³/mol. The van der Waals surface area contributed by atoms with Crippen LogP contribution < -0.4 is 0 Å². The summed E-state index contributed by atoms with van der Waals surface area (Å²) in [5.41, 5.74) is 13.6. The third-order valence-electron chi connectivity index (χ3n) is 10.1. The van der Waals surface area contributed by atoms with Crippen molar-refractivity contribution in [1.29, 1.82) is 0 Å². The van der Waals surface area contributed by atoms with Gasteiger partial charge in [0.15, 0.2) is 5.82 Å². The van der Waals surface area contributed by atoms with Gasteiger partial charge in [-0.2, -0.15) is 0 Å². The van der Waals surface area contributed by atoms with E-state index in [1.165, 1.54) is 16.5 Å². The van der Waals surface area contributed by atoms with Crippen LogP contribution in [0.15, 0.2) is 199 Å². The predicted octanol–water partition coefficient (Wildman–Crippen LogP) is 13.5. The van der Waals surface area contributed by atoms with Gasteiger partial charge in [-0.1, -0.05) is 164 Å². The van der Waals surface area contributed by atoms with Crippen LogP contribution in [0.4, 0.5) is 0 Å². The van der Waals surface area contributed by atoms with Crippen LogP contribution in [0, 0.1) is 0 Å². The molecule has 0 spiro atoms. The molecule has 0 aliphatic carbocycles. The molecule has 248 valence electrons. The van der Waals surface area contributed by atoms with Gasteiger partial charge in [-0.25, -0.2) is 9.97 Å². The molecule has 3 heteroatoms. The molecule has 0 fully saturated rings. The number of aromatic nitrogens is 2. The van der Waals surface area contributed by atoms with Crippen molar-refractivity contribution in [3.63, 3.8) is 0 Å². The van der Waals surface area contributed by atoms with Crippen LogP contribution in [0.2, 0.25) is 0 Å². The molecule has 0 saturated carbocycles. The number of rotatable bonds is 6. The lowest BCUT2D eigenvalue weighted by molar-refractivity contribution is 0.673. The van der Waals surface area contributed by atoms with Crippen LogP contribution in [0.25, 0.3) is 100.0 Å².